The van der Waals surface area contributed by atoms with Gasteiger partial charge in [0.2, 0.25) is 0 Å². The summed E-state index contributed by atoms with van der Waals surface area (Å²) in [5.74, 6) is 0. The van der Waals surface area contributed by atoms with E-state index in [4.69, 9.17) is 11.6 Å². The zero-order valence-corrected chi connectivity index (χ0v) is 11.1. The van der Waals surface area contributed by atoms with Gasteiger partial charge in [-0.1, -0.05) is 11.6 Å². The molecule has 0 N–H and O–H groups in total. The Morgan fingerprint density at radius 2 is 2.06 bits per heavy atom. The molecule has 2 aromatic heterocycles. The second kappa shape index (κ2) is 3.60. The van der Waals surface area contributed by atoms with Gasteiger partial charge in [-0.2, -0.15) is 18.3 Å². The van der Waals surface area contributed by atoms with E-state index in [1.807, 2.05) is 0 Å². The first-order chi connectivity index (χ1) is 8.33. The first-order valence-corrected chi connectivity index (χ1v) is 6.29. The molecule has 0 bridgehead atoms. The Morgan fingerprint density at radius 3 is 2.61 bits per heavy atom. The molecule has 96 valence electrons. The predicted molar refractivity (Wildman–Crippen MR) is 62.7 cm³/mol. The van der Waals surface area contributed by atoms with E-state index in [0.717, 1.165) is 0 Å². The van der Waals surface area contributed by atoms with Crippen molar-refractivity contribution in [1.29, 1.82) is 0 Å². The van der Waals surface area contributed by atoms with Crippen LogP contribution in [0.3, 0.4) is 0 Å². The number of rotatable bonds is 1. The fourth-order valence-corrected chi connectivity index (χ4v) is 2.76. The molecule has 0 aliphatic heterocycles. The van der Waals surface area contributed by atoms with Gasteiger partial charge in [-0.15, -0.1) is 0 Å². The average Bonchev–Trinajstić information content (AvgIpc) is 2.94. The first kappa shape index (κ1) is 12.2. The molecule has 0 unspecified atom stereocenters. The quantitative estimate of drug-likeness (QED) is 0.791. The van der Waals surface area contributed by atoms with E-state index >= 15 is 0 Å². The molecule has 3 rings (SSSR count). The number of hydrogen-bond acceptors (Lipinski definition) is 2. The van der Waals surface area contributed by atoms with Gasteiger partial charge >= 0.3 is 6.18 Å². The molecule has 2 aromatic rings. The minimum Gasteiger partial charge on any atom is -0.230 e. The lowest BCUT2D eigenvalue weighted by atomic mass is 10.0. The van der Waals surface area contributed by atoms with E-state index < -0.39 is 11.6 Å². The molecule has 2 heterocycles. The molecule has 0 amide bonds. The van der Waals surface area contributed by atoms with Crippen LogP contribution in [-0.4, -0.2) is 20.8 Å². The normalized spacial score (nSPS) is 18.3. The first-order valence-electron chi connectivity index (χ1n) is 5.12. The lowest BCUT2D eigenvalue weighted by Gasteiger charge is -2.16. The van der Waals surface area contributed by atoms with Gasteiger partial charge in [0, 0.05) is 0 Å². The van der Waals surface area contributed by atoms with Crippen molar-refractivity contribution < 1.29 is 13.2 Å². The number of aromatic nitrogens is 3. The molecule has 1 aliphatic carbocycles. The molecule has 0 atom stereocenters. The van der Waals surface area contributed by atoms with Crippen LogP contribution in [0.4, 0.5) is 13.2 Å². The Bertz CT molecular complexity index is 633. The number of nitrogens with zero attached hydrogens (tertiary/aromatic N) is 3. The molecule has 1 fully saturated rings. The Balaban J connectivity index is 2.18. The number of fused-ring (bicyclic) bond motifs is 1. The maximum Gasteiger partial charge on any atom is 0.400 e. The summed E-state index contributed by atoms with van der Waals surface area (Å²) < 4.78 is 40.7. The number of alkyl halides is 3. The van der Waals surface area contributed by atoms with E-state index in [1.165, 1.54) is 16.8 Å². The molecule has 0 saturated heterocycles. The minimum atomic E-state index is -4.28. The molecule has 0 aromatic carbocycles. The summed E-state index contributed by atoms with van der Waals surface area (Å²) in [4.78, 5) is 4.03. The Hall–Kier alpha value is -0.820. The average molecular weight is 341 g/mol. The Labute approximate surface area is 113 Å². The van der Waals surface area contributed by atoms with Gasteiger partial charge in [0.05, 0.1) is 16.4 Å². The van der Waals surface area contributed by atoms with Crippen LogP contribution in [0.5, 0.6) is 0 Å². The van der Waals surface area contributed by atoms with Crippen molar-refractivity contribution in [3.8, 4) is 0 Å². The van der Waals surface area contributed by atoms with Crippen molar-refractivity contribution in [1.82, 2.24) is 14.6 Å². The van der Waals surface area contributed by atoms with Gasteiger partial charge in [-0.05, 0) is 34.8 Å². The third-order valence-electron chi connectivity index (χ3n) is 3.13. The molecule has 8 heteroatoms. The third-order valence-corrected chi connectivity index (χ3v) is 3.90. The zero-order valence-electron chi connectivity index (χ0n) is 8.80. The summed E-state index contributed by atoms with van der Waals surface area (Å²) in [5, 5.41) is 4.09. The highest BCUT2D eigenvalue weighted by Crippen LogP contribution is 2.58. The number of hydrogen-bond donors (Lipinski definition) is 0. The molecule has 1 aliphatic rings. The summed E-state index contributed by atoms with van der Waals surface area (Å²) >= 11 is 8.95. The largest absolute Gasteiger partial charge is 0.400 e. The standard InChI is InChI=1S/C10H6BrClF3N3/c11-5-3-7(12)17-18-4-6(16-8(5)18)9(1-2-9)10(13,14)15/h3-4H,1-2H2. The SMILES string of the molecule is FC(F)(F)C1(c2cn3nc(Cl)cc(Br)c3n2)CC1. The number of halogens is 5. The van der Waals surface area contributed by atoms with Crippen molar-refractivity contribution in [2.45, 2.75) is 24.4 Å². The van der Waals surface area contributed by atoms with Crippen LogP contribution in [0.15, 0.2) is 16.7 Å². The fourth-order valence-electron chi connectivity index (χ4n) is 1.95. The summed E-state index contributed by atoms with van der Waals surface area (Å²) in [5.41, 5.74) is -1.46. The van der Waals surface area contributed by atoms with Crippen LogP contribution in [0.2, 0.25) is 5.15 Å². The zero-order chi connectivity index (χ0) is 13.1. The van der Waals surface area contributed by atoms with Gasteiger partial charge in [0.1, 0.15) is 5.41 Å². The highest BCUT2D eigenvalue weighted by Gasteiger charge is 2.65. The summed E-state index contributed by atoms with van der Waals surface area (Å²) in [6, 6.07) is 1.50. The molecule has 1 saturated carbocycles. The maximum atomic E-state index is 13.0. The monoisotopic (exact) mass is 339 g/mol. The van der Waals surface area contributed by atoms with Gasteiger partial charge in [0.15, 0.2) is 10.8 Å². The third kappa shape index (κ3) is 1.64. The van der Waals surface area contributed by atoms with Gasteiger partial charge < -0.3 is 0 Å². The van der Waals surface area contributed by atoms with Crippen molar-refractivity contribution >= 4 is 33.2 Å². The lowest BCUT2D eigenvalue weighted by Crippen LogP contribution is -2.28. The highest BCUT2D eigenvalue weighted by molar-refractivity contribution is 9.10. The van der Waals surface area contributed by atoms with E-state index in [1.54, 1.807) is 0 Å². The second-order valence-corrected chi connectivity index (χ2v) is 5.53. The van der Waals surface area contributed by atoms with E-state index in [9.17, 15) is 13.2 Å². The summed E-state index contributed by atoms with van der Waals surface area (Å²) in [7, 11) is 0. The van der Waals surface area contributed by atoms with Gasteiger partial charge in [-0.3, -0.25) is 0 Å². The molecular weight excluding hydrogens is 334 g/mol. The van der Waals surface area contributed by atoms with Crippen LogP contribution in [0.1, 0.15) is 18.5 Å². The van der Waals surface area contributed by atoms with Crippen LogP contribution in [0, 0.1) is 0 Å². The van der Waals surface area contributed by atoms with Gasteiger partial charge in [0.25, 0.3) is 0 Å². The molecule has 3 nitrogen and oxygen atoms in total. The molecule has 0 spiro atoms. The maximum absolute atomic E-state index is 13.0. The number of imidazole rings is 1. The second-order valence-electron chi connectivity index (χ2n) is 4.29. The lowest BCUT2D eigenvalue weighted by molar-refractivity contribution is -0.161. The van der Waals surface area contributed by atoms with Crippen molar-refractivity contribution in [2.75, 3.05) is 0 Å². The molecule has 18 heavy (non-hydrogen) atoms. The van der Waals surface area contributed by atoms with Crippen LogP contribution >= 0.6 is 27.5 Å². The predicted octanol–water partition coefficient (Wildman–Crippen LogP) is 3.74. The van der Waals surface area contributed by atoms with E-state index in [-0.39, 0.29) is 23.7 Å². The van der Waals surface area contributed by atoms with Crippen LogP contribution < -0.4 is 0 Å². The van der Waals surface area contributed by atoms with Crippen molar-refractivity contribution in [3.05, 3.63) is 27.6 Å². The highest BCUT2D eigenvalue weighted by atomic mass is 79.9. The molecular formula is C10H6BrClF3N3. The van der Waals surface area contributed by atoms with Crippen LogP contribution in [-0.2, 0) is 5.41 Å². The fraction of sp³-hybridized carbons (Fsp3) is 0.400. The summed E-state index contributed by atoms with van der Waals surface area (Å²) in [6.45, 7) is 0. The van der Waals surface area contributed by atoms with E-state index in [0.29, 0.717) is 10.1 Å². The van der Waals surface area contributed by atoms with Crippen molar-refractivity contribution in [2.24, 2.45) is 0 Å². The van der Waals surface area contributed by atoms with Crippen molar-refractivity contribution in [3.63, 3.8) is 0 Å². The van der Waals surface area contributed by atoms with Crippen LogP contribution in [0.25, 0.3) is 5.65 Å². The Morgan fingerprint density at radius 1 is 1.39 bits per heavy atom. The van der Waals surface area contributed by atoms with E-state index in [2.05, 4.69) is 26.0 Å². The topological polar surface area (TPSA) is 30.2 Å². The smallest absolute Gasteiger partial charge is 0.230 e. The summed E-state index contributed by atoms with van der Waals surface area (Å²) in [6.07, 6.45) is -2.83. The Kier molecular flexibility index (Phi) is 2.45. The minimum absolute atomic E-state index is 0.00506. The van der Waals surface area contributed by atoms with Gasteiger partial charge in [-0.25, -0.2) is 9.50 Å². The molecule has 0 radical (unpaired) electrons.